The van der Waals surface area contributed by atoms with Crippen molar-refractivity contribution in [1.82, 2.24) is 10.2 Å². The van der Waals surface area contributed by atoms with Crippen LogP contribution in [0.15, 0.2) is 24.3 Å². The molecule has 0 aliphatic carbocycles. The lowest BCUT2D eigenvalue weighted by molar-refractivity contribution is -0.153. The van der Waals surface area contributed by atoms with Crippen LogP contribution in [0.3, 0.4) is 0 Å². The van der Waals surface area contributed by atoms with Crippen LogP contribution in [0.4, 0.5) is 0 Å². The molecule has 2 aliphatic heterocycles. The molecule has 112 valence electrons. The highest BCUT2D eigenvalue weighted by Crippen LogP contribution is 2.27. The summed E-state index contributed by atoms with van der Waals surface area (Å²) in [5.74, 6) is -0.813. The topological polar surface area (TPSA) is 69.6 Å². The van der Waals surface area contributed by atoms with Gasteiger partial charge in [0.1, 0.15) is 6.04 Å². The fourth-order valence-corrected chi connectivity index (χ4v) is 3.33. The minimum atomic E-state index is -0.920. The summed E-state index contributed by atoms with van der Waals surface area (Å²) in [6.45, 7) is 3.90. The predicted octanol–water partition coefficient (Wildman–Crippen LogP) is 0.880. The molecule has 2 heterocycles. The van der Waals surface area contributed by atoms with Crippen molar-refractivity contribution < 1.29 is 14.7 Å². The molecule has 0 aromatic heterocycles. The van der Waals surface area contributed by atoms with Gasteiger partial charge in [0.25, 0.3) is 0 Å². The number of hydrogen-bond acceptors (Lipinski definition) is 3. The first-order chi connectivity index (χ1) is 10.1. The number of carbonyl (C=O) groups excluding carboxylic acids is 1. The summed E-state index contributed by atoms with van der Waals surface area (Å²) in [5, 5.41) is 12.7. The number of aliphatic carboxylic acids is 1. The molecule has 3 unspecified atom stereocenters. The number of amides is 1. The Kier molecular flexibility index (Phi) is 3.68. The van der Waals surface area contributed by atoms with E-state index in [0.717, 1.165) is 17.7 Å². The molecular weight excluding hydrogens is 268 g/mol. The van der Waals surface area contributed by atoms with Gasteiger partial charge in [-0.25, -0.2) is 4.79 Å². The molecule has 1 saturated heterocycles. The fourth-order valence-electron chi connectivity index (χ4n) is 3.33. The Labute approximate surface area is 123 Å². The van der Waals surface area contributed by atoms with Crippen LogP contribution in [-0.2, 0) is 22.6 Å². The van der Waals surface area contributed by atoms with E-state index in [-0.39, 0.29) is 17.7 Å². The van der Waals surface area contributed by atoms with Crippen LogP contribution in [0.25, 0.3) is 0 Å². The molecular formula is C16H20N2O3. The number of rotatable bonds is 2. The minimum absolute atomic E-state index is 0.0330. The van der Waals surface area contributed by atoms with E-state index in [1.807, 2.05) is 31.2 Å². The van der Waals surface area contributed by atoms with Crippen molar-refractivity contribution in [2.24, 2.45) is 11.8 Å². The van der Waals surface area contributed by atoms with E-state index in [9.17, 15) is 14.7 Å². The van der Waals surface area contributed by atoms with E-state index in [1.54, 1.807) is 4.90 Å². The van der Waals surface area contributed by atoms with Crippen LogP contribution in [0.2, 0.25) is 0 Å². The Morgan fingerprint density at radius 3 is 2.57 bits per heavy atom. The van der Waals surface area contributed by atoms with Gasteiger partial charge in [-0.15, -0.1) is 0 Å². The van der Waals surface area contributed by atoms with Crippen molar-refractivity contribution in [2.75, 3.05) is 13.1 Å². The third-order valence-corrected chi connectivity index (χ3v) is 4.65. The zero-order valence-corrected chi connectivity index (χ0v) is 12.1. The van der Waals surface area contributed by atoms with Crippen molar-refractivity contribution in [3.8, 4) is 0 Å². The summed E-state index contributed by atoms with van der Waals surface area (Å²) in [7, 11) is 0. The Balaban J connectivity index is 1.89. The summed E-state index contributed by atoms with van der Waals surface area (Å²) >= 11 is 0. The van der Waals surface area contributed by atoms with Gasteiger partial charge in [0.2, 0.25) is 5.91 Å². The summed E-state index contributed by atoms with van der Waals surface area (Å²) in [4.78, 5) is 25.9. The molecule has 2 aliphatic rings. The first-order valence-corrected chi connectivity index (χ1v) is 7.38. The largest absolute Gasteiger partial charge is 0.480 e. The molecule has 0 radical (unpaired) electrons. The molecule has 1 aromatic rings. The van der Waals surface area contributed by atoms with Gasteiger partial charge < -0.3 is 15.3 Å². The molecule has 5 heteroatoms. The highest BCUT2D eigenvalue weighted by molar-refractivity contribution is 5.86. The number of benzene rings is 1. The van der Waals surface area contributed by atoms with Crippen LogP contribution in [0, 0.1) is 11.8 Å². The minimum Gasteiger partial charge on any atom is -0.480 e. The van der Waals surface area contributed by atoms with E-state index in [0.29, 0.717) is 19.5 Å². The monoisotopic (exact) mass is 288 g/mol. The molecule has 2 N–H and O–H groups in total. The average Bonchev–Trinajstić information content (AvgIpc) is 2.91. The maximum atomic E-state index is 12.8. The molecule has 0 saturated carbocycles. The summed E-state index contributed by atoms with van der Waals surface area (Å²) in [5.41, 5.74) is 2.09. The maximum Gasteiger partial charge on any atom is 0.326 e. The van der Waals surface area contributed by atoms with Gasteiger partial charge in [-0.2, -0.15) is 0 Å². The molecule has 3 atom stereocenters. The van der Waals surface area contributed by atoms with Gasteiger partial charge in [0.05, 0.1) is 5.92 Å². The lowest BCUT2D eigenvalue weighted by atomic mass is 9.90. The fraction of sp³-hybridized carbons (Fsp3) is 0.500. The quantitative estimate of drug-likeness (QED) is 0.847. The first kappa shape index (κ1) is 14.1. The molecule has 0 spiro atoms. The summed E-state index contributed by atoms with van der Waals surface area (Å²) in [6.07, 6.45) is 0.395. The smallest absolute Gasteiger partial charge is 0.326 e. The Bertz CT molecular complexity index is 572. The second-order valence-electron chi connectivity index (χ2n) is 6.04. The van der Waals surface area contributed by atoms with Crippen molar-refractivity contribution in [1.29, 1.82) is 0 Å². The number of carboxylic acids is 1. The number of fused-ring (bicyclic) bond motifs is 1. The number of carboxylic acid groups (broad SMARTS) is 1. The number of nitrogens with one attached hydrogen (secondary N) is 1. The Hall–Kier alpha value is -1.88. The van der Waals surface area contributed by atoms with Crippen molar-refractivity contribution in [3.05, 3.63) is 35.4 Å². The second-order valence-corrected chi connectivity index (χ2v) is 6.04. The van der Waals surface area contributed by atoms with Crippen molar-refractivity contribution in [2.45, 2.75) is 25.9 Å². The third kappa shape index (κ3) is 2.53. The second kappa shape index (κ2) is 5.48. The molecule has 0 bridgehead atoms. The highest BCUT2D eigenvalue weighted by atomic mass is 16.4. The normalized spacial score (nSPS) is 28.2. The van der Waals surface area contributed by atoms with Gasteiger partial charge in [-0.3, -0.25) is 4.79 Å². The van der Waals surface area contributed by atoms with E-state index in [4.69, 9.17) is 0 Å². The summed E-state index contributed by atoms with van der Waals surface area (Å²) < 4.78 is 0. The van der Waals surface area contributed by atoms with Crippen molar-refractivity contribution >= 4 is 11.9 Å². The predicted molar refractivity (Wildman–Crippen MR) is 77.6 cm³/mol. The van der Waals surface area contributed by atoms with Crippen LogP contribution in [-0.4, -0.2) is 41.0 Å². The van der Waals surface area contributed by atoms with E-state index in [1.165, 1.54) is 0 Å². The summed E-state index contributed by atoms with van der Waals surface area (Å²) in [6, 6.07) is 7.03. The van der Waals surface area contributed by atoms with Gasteiger partial charge in [0.15, 0.2) is 0 Å². The van der Waals surface area contributed by atoms with E-state index in [2.05, 4.69) is 5.32 Å². The van der Waals surface area contributed by atoms with Crippen LogP contribution >= 0.6 is 0 Å². The molecule has 5 nitrogen and oxygen atoms in total. The van der Waals surface area contributed by atoms with Gasteiger partial charge in [0, 0.05) is 19.5 Å². The maximum absolute atomic E-state index is 12.8. The van der Waals surface area contributed by atoms with Crippen LogP contribution in [0.5, 0.6) is 0 Å². The standard InChI is InChI=1S/C16H20N2O3/c1-10-7-17-8-13(10)15(19)18-9-12-5-3-2-4-11(12)6-14(18)16(20)21/h2-5,10,13-14,17H,6-9H2,1H3,(H,20,21). The molecule has 21 heavy (non-hydrogen) atoms. The Morgan fingerprint density at radius 2 is 1.95 bits per heavy atom. The van der Waals surface area contributed by atoms with Gasteiger partial charge >= 0.3 is 5.97 Å². The number of carbonyl (C=O) groups is 2. The molecule has 3 rings (SSSR count). The van der Waals surface area contributed by atoms with E-state index >= 15 is 0 Å². The van der Waals surface area contributed by atoms with E-state index < -0.39 is 12.0 Å². The first-order valence-electron chi connectivity index (χ1n) is 7.38. The zero-order chi connectivity index (χ0) is 15.0. The van der Waals surface area contributed by atoms with Crippen LogP contribution in [0.1, 0.15) is 18.1 Å². The lowest BCUT2D eigenvalue weighted by Crippen LogP contribution is -2.51. The molecule has 1 amide bonds. The third-order valence-electron chi connectivity index (χ3n) is 4.65. The highest BCUT2D eigenvalue weighted by Gasteiger charge is 2.40. The number of hydrogen-bond donors (Lipinski definition) is 2. The zero-order valence-electron chi connectivity index (χ0n) is 12.1. The van der Waals surface area contributed by atoms with Gasteiger partial charge in [-0.1, -0.05) is 31.2 Å². The van der Waals surface area contributed by atoms with Crippen molar-refractivity contribution in [3.63, 3.8) is 0 Å². The molecule has 1 fully saturated rings. The lowest BCUT2D eigenvalue weighted by Gasteiger charge is -2.36. The molecule has 1 aromatic carbocycles. The Morgan fingerprint density at radius 1 is 1.24 bits per heavy atom. The van der Waals surface area contributed by atoms with Gasteiger partial charge in [-0.05, 0) is 23.6 Å². The SMILES string of the molecule is CC1CNCC1C(=O)N1Cc2ccccc2CC1C(=O)O. The average molecular weight is 288 g/mol. The number of nitrogens with zero attached hydrogens (tertiary/aromatic N) is 1. The van der Waals surface area contributed by atoms with Crippen LogP contribution < -0.4 is 5.32 Å².